The number of amides is 1. The van der Waals surface area contributed by atoms with E-state index in [1.165, 1.54) is 0 Å². The largest absolute Gasteiger partial charge is 0.491 e. The van der Waals surface area contributed by atoms with E-state index in [4.69, 9.17) is 14.2 Å². The smallest absolute Gasteiger partial charge is 0.251 e. The van der Waals surface area contributed by atoms with Crippen LogP contribution in [0.4, 0.5) is 0 Å². The molecule has 1 N–H and O–H groups in total. The van der Waals surface area contributed by atoms with Crippen molar-refractivity contribution in [3.8, 4) is 5.75 Å². The fourth-order valence-corrected chi connectivity index (χ4v) is 2.31. The van der Waals surface area contributed by atoms with Crippen molar-refractivity contribution in [3.63, 3.8) is 0 Å². The van der Waals surface area contributed by atoms with Crippen molar-refractivity contribution in [1.82, 2.24) is 5.32 Å². The van der Waals surface area contributed by atoms with Crippen LogP contribution < -0.4 is 10.1 Å². The molecule has 5 heteroatoms. The van der Waals surface area contributed by atoms with Crippen LogP contribution in [0, 0.1) is 0 Å². The number of nitrogens with one attached hydrogen (secondary N) is 1. The molecule has 0 radical (unpaired) electrons. The molecule has 1 aliphatic heterocycles. The Labute approximate surface area is 131 Å². The molecule has 0 aliphatic carbocycles. The fraction of sp³-hybridized carbons (Fsp3) is 0.588. The maximum absolute atomic E-state index is 12.1. The molecule has 1 saturated heterocycles. The lowest BCUT2D eigenvalue weighted by Gasteiger charge is -2.12. The molecular formula is C17H25NO4. The van der Waals surface area contributed by atoms with Crippen LogP contribution in [0.25, 0.3) is 0 Å². The van der Waals surface area contributed by atoms with Gasteiger partial charge in [-0.3, -0.25) is 4.79 Å². The summed E-state index contributed by atoms with van der Waals surface area (Å²) in [6.07, 6.45) is 3.13. The van der Waals surface area contributed by atoms with Crippen molar-refractivity contribution < 1.29 is 19.0 Å². The number of ether oxygens (including phenoxy) is 3. The monoisotopic (exact) mass is 307 g/mol. The van der Waals surface area contributed by atoms with E-state index in [0.717, 1.165) is 25.9 Å². The van der Waals surface area contributed by atoms with Crippen molar-refractivity contribution in [1.29, 1.82) is 0 Å². The molecule has 1 aromatic rings. The Morgan fingerprint density at radius 3 is 3.14 bits per heavy atom. The molecule has 1 aromatic carbocycles. The van der Waals surface area contributed by atoms with Crippen LogP contribution >= 0.6 is 0 Å². The van der Waals surface area contributed by atoms with Crippen LogP contribution in [0.1, 0.15) is 36.5 Å². The topological polar surface area (TPSA) is 56.8 Å². The minimum atomic E-state index is -0.0842. The zero-order valence-corrected chi connectivity index (χ0v) is 13.2. The van der Waals surface area contributed by atoms with E-state index in [0.29, 0.717) is 37.7 Å². The van der Waals surface area contributed by atoms with Gasteiger partial charge in [0.1, 0.15) is 12.4 Å². The molecule has 1 fully saturated rings. The van der Waals surface area contributed by atoms with Crippen LogP contribution in [0.15, 0.2) is 24.3 Å². The molecule has 0 bridgehead atoms. The SMILES string of the molecule is CCOCCCNC(=O)c1cccc(OCC2CCCO2)c1. The van der Waals surface area contributed by atoms with E-state index in [9.17, 15) is 4.79 Å². The highest BCUT2D eigenvalue weighted by Gasteiger charge is 2.16. The Kier molecular flexibility index (Phi) is 7.19. The van der Waals surface area contributed by atoms with Crippen molar-refractivity contribution in [3.05, 3.63) is 29.8 Å². The maximum atomic E-state index is 12.1. The van der Waals surface area contributed by atoms with Gasteiger partial charge in [-0.2, -0.15) is 0 Å². The van der Waals surface area contributed by atoms with E-state index in [1.54, 1.807) is 12.1 Å². The summed E-state index contributed by atoms with van der Waals surface area (Å²) < 4.78 is 16.5. The third-order valence-corrected chi connectivity index (χ3v) is 3.51. The lowest BCUT2D eigenvalue weighted by molar-refractivity contribution is 0.0679. The molecule has 2 rings (SSSR count). The number of rotatable bonds is 9. The Balaban J connectivity index is 1.75. The van der Waals surface area contributed by atoms with Gasteiger partial charge in [-0.05, 0) is 44.4 Å². The Morgan fingerprint density at radius 2 is 2.36 bits per heavy atom. The van der Waals surface area contributed by atoms with Crippen LogP contribution in [0.3, 0.4) is 0 Å². The molecular weight excluding hydrogens is 282 g/mol. The molecule has 0 saturated carbocycles. The highest BCUT2D eigenvalue weighted by Crippen LogP contribution is 2.17. The van der Waals surface area contributed by atoms with E-state index in [2.05, 4.69) is 5.32 Å². The first-order valence-corrected chi connectivity index (χ1v) is 8.00. The third kappa shape index (κ3) is 5.66. The summed E-state index contributed by atoms with van der Waals surface area (Å²) in [5.74, 6) is 0.622. The van der Waals surface area contributed by atoms with Gasteiger partial charge in [-0.15, -0.1) is 0 Å². The van der Waals surface area contributed by atoms with E-state index in [-0.39, 0.29) is 12.0 Å². The Hall–Kier alpha value is -1.59. The summed E-state index contributed by atoms with van der Waals surface area (Å²) >= 11 is 0. The zero-order valence-electron chi connectivity index (χ0n) is 13.2. The Bertz CT molecular complexity index is 458. The van der Waals surface area contributed by atoms with Crippen molar-refractivity contribution in [2.45, 2.75) is 32.3 Å². The van der Waals surface area contributed by atoms with E-state index < -0.39 is 0 Å². The standard InChI is InChI=1S/C17H25NO4/c1-2-20-10-5-9-18-17(19)14-6-3-7-15(12-14)22-13-16-8-4-11-21-16/h3,6-7,12,16H,2,4-5,8-11,13H2,1H3,(H,18,19). The summed E-state index contributed by atoms with van der Waals surface area (Å²) in [5.41, 5.74) is 0.612. The average molecular weight is 307 g/mol. The first-order chi connectivity index (χ1) is 10.8. The molecule has 0 spiro atoms. The van der Waals surface area contributed by atoms with E-state index in [1.807, 2.05) is 19.1 Å². The van der Waals surface area contributed by atoms with Crippen molar-refractivity contribution in [2.24, 2.45) is 0 Å². The van der Waals surface area contributed by atoms with Crippen LogP contribution in [0.5, 0.6) is 5.75 Å². The molecule has 5 nitrogen and oxygen atoms in total. The summed E-state index contributed by atoms with van der Waals surface area (Å²) in [5, 5.41) is 2.88. The van der Waals surface area contributed by atoms with Gasteiger partial charge < -0.3 is 19.5 Å². The maximum Gasteiger partial charge on any atom is 0.251 e. The first-order valence-electron chi connectivity index (χ1n) is 8.00. The average Bonchev–Trinajstić information content (AvgIpc) is 3.06. The number of benzene rings is 1. The second-order valence-electron chi connectivity index (χ2n) is 5.28. The van der Waals surface area contributed by atoms with Crippen LogP contribution in [0.2, 0.25) is 0 Å². The molecule has 1 unspecified atom stereocenters. The first kappa shape index (κ1) is 16.8. The van der Waals surface area contributed by atoms with Gasteiger partial charge in [0.05, 0.1) is 6.10 Å². The Morgan fingerprint density at radius 1 is 1.45 bits per heavy atom. The molecule has 1 aliphatic rings. The fourth-order valence-electron chi connectivity index (χ4n) is 2.31. The summed E-state index contributed by atoms with van der Waals surface area (Å²) in [4.78, 5) is 12.1. The predicted octanol–water partition coefficient (Wildman–Crippen LogP) is 2.40. The number of hydrogen-bond acceptors (Lipinski definition) is 4. The summed E-state index contributed by atoms with van der Waals surface area (Å²) in [6.45, 7) is 5.30. The summed E-state index contributed by atoms with van der Waals surface area (Å²) in [6, 6.07) is 7.25. The lowest BCUT2D eigenvalue weighted by Crippen LogP contribution is -2.25. The quantitative estimate of drug-likeness (QED) is 0.712. The highest BCUT2D eigenvalue weighted by atomic mass is 16.5. The minimum absolute atomic E-state index is 0.0842. The van der Waals surface area contributed by atoms with Gasteiger partial charge in [0, 0.05) is 31.9 Å². The second kappa shape index (κ2) is 9.43. The lowest BCUT2D eigenvalue weighted by atomic mass is 10.2. The zero-order chi connectivity index (χ0) is 15.6. The molecule has 1 heterocycles. The summed E-state index contributed by atoms with van der Waals surface area (Å²) in [7, 11) is 0. The van der Waals surface area contributed by atoms with E-state index >= 15 is 0 Å². The number of carbonyl (C=O) groups is 1. The third-order valence-electron chi connectivity index (χ3n) is 3.51. The van der Waals surface area contributed by atoms with Gasteiger partial charge in [0.25, 0.3) is 5.91 Å². The second-order valence-corrected chi connectivity index (χ2v) is 5.28. The van der Waals surface area contributed by atoms with Gasteiger partial charge >= 0.3 is 0 Å². The molecule has 122 valence electrons. The van der Waals surface area contributed by atoms with Crippen molar-refractivity contribution >= 4 is 5.91 Å². The number of hydrogen-bond donors (Lipinski definition) is 1. The highest BCUT2D eigenvalue weighted by molar-refractivity contribution is 5.94. The molecule has 0 aromatic heterocycles. The predicted molar refractivity (Wildman–Crippen MR) is 84.4 cm³/mol. The van der Waals surface area contributed by atoms with Crippen LogP contribution in [-0.2, 0) is 9.47 Å². The van der Waals surface area contributed by atoms with Gasteiger partial charge in [0.15, 0.2) is 0 Å². The normalized spacial score (nSPS) is 17.4. The van der Waals surface area contributed by atoms with Crippen LogP contribution in [-0.4, -0.2) is 45.0 Å². The molecule has 22 heavy (non-hydrogen) atoms. The molecule has 1 amide bonds. The van der Waals surface area contributed by atoms with Gasteiger partial charge in [-0.1, -0.05) is 6.07 Å². The van der Waals surface area contributed by atoms with Gasteiger partial charge in [-0.25, -0.2) is 0 Å². The van der Waals surface area contributed by atoms with Gasteiger partial charge in [0.2, 0.25) is 0 Å². The van der Waals surface area contributed by atoms with Crippen molar-refractivity contribution in [2.75, 3.05) is 33.0 Å². The minimum Gasteiger partial charge on any atom is -0.491 e. The number of carbonyl (C=O) groups excluding carboxylic acids is 1. The molecule has 1 atom stereocenters.